The van der Waals surface area contributed by atoms with E-state index in [-0.39, 0.29) is 28.6 Å². The number of piperidine rings is 1. The van der Waals surface area contributed by atoms with Crippen molar-refractivity contribution in [3.05, 3.63) is 52.9 Å². The van der Waals surface area contributed by atoms with Gasteiger partial charge in [0.2, 0.25) is 5.88 Å². The molecule has 3 amide bonds. The first-order chi connectivity index (χ1) is 15.0. The third-order valence-corrected chi connectivity index (χ3v) is 5.84. The lowest BCUT2D eigenvalue weighted by molar-refractivity contribution is 0.0715. The molecule has 0 bridgehead atoms. The zero-order chi connectivity index (χ0) is 21.8. The molecule has 2 fully saturated rings. The summed E-state index contributed by atoms with van der Waals surface area (Å²) < 4.78 is 20.1. The summed E-state index contributed by atoms with van der Waals surface area (Å²) in [4.78, 5) is 33.1. The van der Waals surface area contributed by atoms with E-state index in [0.29, 0.717) is 25.1 Å². The van der Waals surface area contributed by atoms with Crippen LogP contribution in [0.5, 0.6) is 5.88 Å². The van der Waals surface area contributed by atoms with Crippen molar-refractivity contribution in [2.45, 2.75) is 31.8 Å². The second-order valence-corrected chi connectivity index (χ2v) is 8.12. The number of amides is 3. The maximum atomic E-state index is 14.1. The number of hydrogen-bond donors (Lipinski definition) is 1. The number of ether oxygens (including phenoxy) is 1. The Hall–Kier alpha value is -2.87. The molecule has 2 saturated heterocycles. The maximum absolute atomic E-state index is 14.1. The predicted molar refractivity (Wildman–Crippen MR) is 115 cm³/mol. The number of urea groups is 1. The van der Waals surface area contributed by atoms with Crippen molar-refractivity contribution in [3.63, 3.8) is 0 Å². The van der Waals surface area contributed by atoms with Gasteiger partial charge in [-0.1, -0.05) is 17.7 Å². The van der Waals surface area contributed by atoms with Gasteiger partial charge in [0.1, 0.15) is 11.7 Å². The van der Waals surface area contributed by atoms with E-state index in [1.54, 1.807) is 29.3 Å². The fourth-order valence-corrected chi connectivity index (χ4v) is 4.05. The molecule has 1 atom stereocenters. The number of pyridine rings is 1. The van der Waals surface area contributed by atoms with Gasteiger partial charge in [0.25, 0.3) is 5.91 Å². The fraction of sp³-hybridized carbons (Fsp3) is 0.409. The van der Waals surface area contributed by atoms with Gasteiger partial charge in [-0.2, -0.15) is 0 Å². The van der Waals surface area contributed by atoms with E-state index in [0.717, 1.165) is 32.4 Å². The minimum absolute atomic E-state index is 0.0287. The normalized spacial score (nSPS) is 18.7. The minimum atomic E-state index is -0.668. The van der Waals surface area contributed by atoms with Crippen molar-refractivity contribution in [1.82, 2.24) is 14.8 Å². The molecule has 164 valence electrons. The molecule has 1 unspecified atom stereocenters. The summed E-state index contributed by atoms with van der Waals surface area (Å²) in [6, 6.07) is 7.45. The lowest BCUT2D eigenvalue weighted by Gasteiger charge is -2.27. The van der Waals surface area contributed by atoms with Crippen molar-refractivity contribution in [1.29, 1.82) is 0 Å². The number of likely N-dealkylation sites (tertiary alicyclic amines) is 2. The van der Waals surface area contributed by atoms with E-state index in [4.69, 9.17) is 16.3 Å². The van der Waals surface area contributed by atoms with Gasteiger partial charge >= 0.3 is 6.03 Å². The van der Waals surface area contributed by atoms with E-state index in [2.05, 4.69) is 10.3 Å². The standard InChI is InChI=1S/C22H24ClFN4O3/c23-17-7-4-8-18(19(17)24)26-22(30)28-13-9-15(14-28)31-20-16(6-5-10-25-20)21(29)27-11-2-1-3-12-27/h4-8,10,15H,1-3,9,11-14H2,(H,26,30). The molecule has 7 nitrogen and oxygen atoms in total. The zero-order valence-electron chi connectivity index (χ0n) is 17.0. The van der Waals surface area contributed by atoms with Crippen LogP contribution in [0.15, 0.2) is 36.5 Å². The van der Waals surface area contributed by atoms with Crippen LogP contribution in [0.2, 0.25) is 5.02 Å². The van der Waals surface area contributed by atoms with Crippen LogP contribution >= 0.6 is 11.6 Å². The Kier molecular flexibility index (Phi) is 6.56. The number of nitrogens with one attached hydrogen (secondary N) is 1. The first-order valence-corrected chi connectivity index (χ1v) is 10.8. The number of halogens is 2. The molecule has 2 aromatic rings. The molecule has 4 rings (SSSR count). The topological polar surface area (TPSA) is 74.8 Å². The Balaban J connectivity index is 1.39. The molecule has 0 spiro atoms. The van der Waals surface area contributed by atoms with Gasteiger partial charge in [-0.05, 0) is 43.5 Å². The van der Waals surface area contributed by atoms with Gasteiger partial charge in [0.15, 0.2) is 5.82 Å². The highest BCUT2D eigenvalue weighted by Gasteiger charge is 2.30. The number of anilines is 1. The van der Waals surface area contributed by atoms with Gasteiger partial charge in [0.05, 0.1) is 17.3 Å². The Morgan fingerprint density at radius 3 is 2.71 bits per heavy atom. The fourth-order valence-electron chi connectivity index (χ4n) is 3.88. The van der Waals surface area contributed by atoms with Crippen LogP contribution in [0.4, 0.5) is 14.9 Å². The Labute approximate surface area is 185 Å². The Morgan fingerprint density at radius 2 is 1.90 bits per heavy atom. The van der Waals surface area contributed by atoms with Crippen LogP contribution in [0.1, 0.15) is 36.0 Å². The van der Waals surface area contributed by atoms with E-state index < -0.39 is 11.8 Å². The van der Waals surface area contributed by atoms with Crippen LogP contribution in [-0.4, -0.2) is 59.0 Å². The number of carbonyl (C=O) groups excluding carboxylic acids is 2. The Bertz CT molecular complexity index is 968. The summed E-state index contributed by atoms with van der Waals surface area (Å²) in [5.41, 5.74) is 0.467. The van der Waals surface area contributed by atoms with E-state index in [1.165, 1.54) is 12.1 Å². The first-order valence-electron chi connectivity index (χ1n) is 10.4. The largest absolute Gasteiger partial charge is 0.472 e. The van der Waals surface area contributed by atoms with E-state index in [1.807, 2.05) is 4.90 Å². The average molecular weight is 447 g/mol. The number of aromatic nitrogens is 1. The zero-order valence-corrected chi connectivity index (χ0v) is 17.8. The summed E-state index contributed by atoms with van der Waals surface area (Å²) in [5, 5.41) is 2.49. The highest BCUT2D eigenvalue weighted by atomic mass is 35.5. The van der Waals surface area contributed by atoms with Crippen LogP contribution in [0, 0.1) is 5.82 Å². The number of benzene rings is 1. The molecule has 1 N–H and O–H groups in total. The highest BCUT2D eigenvalue weighted by Crippen LogP contribution is 2.25. The molecule has 1 aromatic carbocycles. The number of rotatable bonds is 4. The first kappa shape index (κ1) is 21.4. The summed E-state index contributed by atoms with van der Waals surface area (Å²) in [6.45, 7) is 2.23. The third-order valence-electron chi connectivity index (χ3n) is 5.55. The summed E-state index contributed by atoms with van der Waals surface area (Å²) >= 11 is 5.77. The summed E-state index contributed by atoms with van der Waals surface area (Å²) in [7, 11) is 0. The van der Waals surface area contributed by atoms with Crippen LogP contribution < -0.4 is 10.1 Å². The minimum Gasteiger partial charge on any atom is -0.472 e. The number of nitrogens with zero attached hydrogens (tertiary/aromatic N) is 3. The molecular weight excluding hydrogens is 423 g/mol. The summed E-state index contributed by atoms with van der Waals surface area (Å²) in [5.74, 6) is -0.461. The molecule has 3 heterocycles. The average Bonchev–Trinajstić information content (AvgIpc) is 3.26. The molecule has 0 saturated carbocycles. The number of carbonyl (C=O) groups is 2. The highest BCUT2D eigenvalue weighted by molar-refractivity contribution is 6.31. The van der Waals surface area contributed by atoms with Gasteiger partial charge in [-0.15, -0.1) is 0 Å². The quantitative estimate of drug-likeness (QED) is 0.764. The van der Waals surface area contributed by atoms with Crippen LogP contribution in [-0.2, 0) is 0 Å². The van der Waals surface area contributed by atoms with Gasteiger partial charge in [0, 0.05) is 32.3 Å². The molecular formula is C22H24ClFN4O3. The van der Waals surface area contributed by atoms with Crippen molar-refractivity contribution >= 4 is 29.2 Å². The third kappa shape index (κ3) is 4.90. The monoisotopic (exact) mass is 446 g/mol. The van der Waals surface area contributed by atoms with Crippen molar-refractivity contribution in [2.24, 2.45) is 0 Å². The molecule has 0 aliphatic carbocycles. The second-order valence-electron chi connectivity index (χ2n) is 7.72. The summed E-state index contributed by atoms with van der Waals surface area (Å²) in [6.07, 6.45) is 5.00. The molecule has 1 aromatic heterocycles. The lowest BCUT2D eigenvalue weighted by atomic mass is 10.1. The molecule has 0 radical (unpaired) electrons. The SMILES string of the molecule is O=C(Nc1cccc(Cl)c1F)N1CCC(Oc2ncccc2C(=O)N2CCCCC2)C1. The predicted octanol–water partition coefficient (Wildman–Crippen LogP) is 4.19. The van der Waals surface area contributed by atoms with Gasteiger partial charge in [-0.3, -0.25) is 4.79 Å². The lowest BCUT2D eigenvalue weighted by Crippen LogP contribution is -2.36. The molecule has 31 heavy (non-hydrogen) atoms. The Morgan fingerprint density at radius 1 is 1.10 bits per heavy atom. The van der Waals surface area contributed by atoms with Crippen molar-refractivity contribution in [3.8, 4) is 5.88 Å². The van der Waals surface area contributed by atoms with Crippen molar-refractivity contribution in [2.75, 3.05) is 31.5 Å². The maximum Gasteiger partial charge on any atom is 0.322 e. The van der Waals surface area contributed by atoms with Gasteiger partial charge in [-0.25, -0.2) is 14.2 Å². The van der Waals surface area contributed by atoms with E-state index >= 15 is 0 Å². The van der Waals surface area contributed by atoms with Crippen LogP contribution in [0.25, 0.3) is 0 Å². The van der Waals surface area contributed by atoms with E-state index in [9.17, 15) is 14.0 Å². The number of hydrogen-bond acceptors (Lipinski definition) is 4. The van der Waals surface area contributed by atoms with Crippen molar-refractivity contribution < 1.29 is 18.7 Å². The molecule has 2 aliphatic rings. The second kappa shape index (κ2) is 9.51. The molecule has 2 aliphatic heterocycles. The van der Waals surface area contributed by atoms with Gasteiger partial charge < -0.3 is 19.9 Å². The van der Waals surface area contributed by atoms with Crippen LogP contribution in [0.3, 0.4) is 0 Å². The molecule has 9 heteroatoms. The smallest absolute Gasteiger partial charge is 0.322 e.